The summed E-state index contributed by atoms with van der Waals surface area (Å²) in [5.74, 6) is -0.125. The molecule has 0 aliphatic carbocycles. The molecule has 2 rings (SSSR count). The summed E-state index contributed by atoms with van der Waals surface area (Å²) in [6.07, 6.45) is 1.07. The molecule has 1 heterocycles. The van der Waals surface area contributed by atoms with E-state index in [9.17, 15) is 18.0 Å². The van der Waals surface area contributed by atoms with Gasteiger partial charge in [0.25, 0.3) is 0 Å². The van der Waals surface area contributed by atoms with Crippen LogP contribution in [0.2, 0.25) is 0 Å². The molecule has 1 aromatic carbocycles. The molecule has 0 radical (unpaired) electrons. The maximum absolute atomic E-state index is 12.7. The van der Waals surface area contributed by atoms with Crippen LogP contribution < -0.4 is 0 Å². The maximum Gasteiger partial charge on any atom is 0.243 e. The van der Waals surface area contributed by atoms with Crippen molar-refractivity contribution >= 4 is 21.7 Å². The highest BCUT2D eigenvalue weighted by molar-refractivity contribution is 7.89. The minimum Gasteiger partial charge on any atom is -0.346 e. The van der Waals surface area contributed by atoms with Gasteiger partial charge in [-0.1, -0.05) is 12.1 Å². The van der Waals surface area contributed by atoms with Crippen molar-refractivity contribution in [1.29, 1.82) is 0 Å². The molecule has 24 heavy (non-hydrogen) atoms. The van der Waals surface area contributed by atoms with Gasteiger partial charge in [-0.15, -0.1) is 0 Å². The number of piperidine rings is 1. The summed E-state index contributed by atoms with van der Waals surface area (Å²) >= 11 is 0. The Morgan fingerprint density at radius 2 is 1.71 bits per heavy atom. The lowest BCUT2D eigenvalue weighted by molar-refractivity contribution is -0.135. The second-order valence-corrected chi connectivity index (χ2v) is 8.05. The van der Waals surface area contributed by atoms with Gasteiger partial charge >= 0.3 is 0 Å². The zero-order valence-corrected chi connectivity index (χ0v) is 15.2. The van der Waals surface area contributed by atoms with Crippen LogP contribution in [0.1, 0.15) is 37.0 Å². The molecule has 0 atom stereocenters. The SMILES string of the molecule is CCN(C)C(=O)C1CCN(S(=O)(=O)c2ccc(C(C)=O)cc2)CC1. The molecule has 7 heteroatoms. The lowest BCUT2D eigenvalue weighted by Crippen LogP contribution is -2.43. The Morgan fingerprint density at radius 1 is 1.17 bits per heavy atom. The fourth-order valence-corrected chi connectivity index (χ4v) is 4.29. The fourth-order valence-electron chi connectivity index (χ4n) is 2.82. The van der Waals surface area contributed by atoms with Gasteiger partial charge in [0.1, 0.15) is 0 Å². The minimum atomic E-state index is -3.58. The molecule has 0 saturated carbocycles. The number of sulfonamides is 1. The fraction of sp³-hybridized carbons (Fsp3) is 0.529. The summed E-state index contributed by atoms with van der Waals surface area (Å²) in [5.41, 5.74) is 0.487. The summed E-state index contributed by atoms with van der Waals surface area (Å²) in [4.78, 5) is 25.3. The number of benzene rings is 1. The highest BCUT2D eigenvalue weighted by atomic mass is 32.2. The van der Waals surface area contributed by atoms with E-state index >= 15 is 0 Å². The summed E-state index contributed by atoms with van der Waals surface area (Å²) in [7, 11) is -1.82. The van der Waals surface area contributed by atoms with E-state index in [1.54, 1.807) is 11.9 Å². The first-order valence-electron chi connectivity index (χ1n) is 8.13. The van der Waals surface area contributed by atoms with Gasteiger partial charge in [-0.25, -0.2) is 8.42 Å². The lowest BCUT2D eigenvalue weighted by atomic mass is 9.97. The molecule has 1 amide bonds. The quantitative estimate of drug-likeness (QED) is 0.757. The van der Waals surface area contributed by atoms with Gasteiger partial charge < -0.3 is 4.90 Å². The highest BCUT2D eigenvalue weighted by Crippen LogP contribution is 2.25. The standard InChI is InChI=1S/C17H24N2O4S/c1-4-18(3)17(21)15-9-11-19(12-10-15)24(22,23)16-7-5-14(6-8-16)13(2)20/h5-8,15H,4,9-12H2,1-3H3. The zero-order chi connectivity index (χ0) is 17.9. The molecule has 0 unspecified atom stereocenters. The normalized spacial score (nSPS) is 16.8. The first-order chi connectivity index (χ1) is 11.3. The third-order valence-electron chi connectivity index (χ3n) is 4.55. The first kappa shape index (κ1) is 18.6. The van der Waals surface area contributed by atoms with E-state index in [0.29, 0.717) is 38.0 Å². The van der Waals surface area contributed by atoms with Crippen LogP contribution in [0, 0.1) is 5.92 Å². The largest absolute Gasteiger partial charge is 0.346 e. The number of nitrogens with zero attached hydrogens (tertiary/aromatic N) is 2. The van der Waals surface area contributed by atoms with E-state index < -0.39 is 10.0 Å². The molecular weight excluding hydrogens is 328 g/mol. The number of rotatable bonds is 5. The molecule has 0 spiro atoms. The van der Waals surface area contributed by atoms with Crippen LogP contribution in [0.5, 0.6) is 0 Å². The number of ketones is 1. The van der Waals surface area contributed by atoms with Gasteiger partial charge in [-0.2, -0.15) is 4.31 Å². The van der Waals surface area contributed by atoms with E-state index in [1.807, 2.05) is 6.92 Å². The Labute approximate surface area is 143 Å². The van der Waals surface area contributed by atoms with E-state index in [2.05, 4.69) is 0 Å². The molecule has 132 valence electrons. The van der Waals surface area contributed by atoms with Crippen LogP contribution in [0.15, 0.2) is 29.2 Å². The van der Waals surface area contributed by atoms with Gasteiger partial charge in [0.05, 0.1) is 4.90 Å². The Hall–Kier alpha value is -1.73. The second-order valence-electron chi connectivity index (χ2n) is 6.11. The minimum absolute atomic E-state index is 0.0837. The number of amides is 1. The van der Waals surface area contributed by atoms with Crippen molar-refractivity contribution in [3.63, 3.8) is 0 Å². The van der Waals surface area contributed by atoms with Gasteiger partial charge in [0, 0.05) is 38.2 Å². The van der Waals surface area contributed by atoms with E-state index in [-0.39, 0.29) is 22.5 Å². The lowest BCUT2D eigenvalue weighted by Gasteiger charge is -2.32. The van der Waals surface area contributed by atoms with Gasteiger partial charge in [-0.05, 0) is 38.8 Å². The van der Waals surface area contributed by atoms with Crippen molar-refractivity contribution in [2.45, 2.75) is 31.6 Å². The highest BCUT2D eigenvalue weighted by Gasteiger charge is 2.32. The Bertz CT molecular complexity index is 705. The van der Waals surface area contributed by atoms with E-state index in [1.165, 1.54) is 35.5 Å². The third-order valence-corrected chi connectivity index (χ3v) is 6.47. The molecule has 1 aliphatic rings. The molecule has 1 saturated heterocycles. The van der Waals surface area contributed by atoms with Crippen molar-refractivity contribution in [1.82, 2.24) is 9.21 Å². The summed E-state index contributed by atoms with van der Waals surface area (Å²) in [6, 6.07) is 5.99. The van der Waals surface area contributed by atoms with Crippen LogP contribution in [-0.2, 0) is 14.8 Å². The van der Waals surface area contributed by atoms with Crippen LogP contribution in [0.3, 0.4) is 0 Å². The van der Waals surface area contributed by atoms with Crippen LogP contribution in [0.4, 0.5) is 0 Å². The molecule has 0 bridgehead atoms. The average molecular weight is 352 g/mol. The number of hydrogen-bond donors (Lipinski definition) is 0. The molecule has 1 fully saturated rings. The van der Waals surface area contributed by atoms with Crippen molar-refractivity contribution in [2.75, 3.05) is 26.7 Å². The Morgan fingerprint density at radius 3 is 2.17 bits per heavy atom. The van der Waals surface area contributed by atoms with E-state index in [4.69, 9.17) is 0 Å². The zero-order valence-electron chi connectivity index (χ0n) is 14.4. The molecule has 1 aromatic rings. The second kappa shape index (κ2) is 7.44. The van der Waals surface area contributed by atoms with Crippen molar-refractivity contribution in [2.24, 2.45) is 5.92 Å². The number of hydrogen-bond acceptors (Lipinski definition) is 4. The predicted molar refractivity (Wildman–Crippen MR) is 91.2 cm³/mol. The maximum atomic E-state index is 12.7. The van der Waals surface area contributed by atoms with Crippen molar-refractivity contribution < 1.29 is 18.0 Å². The predicted octanol–water partition coefficient (Wildman–Crippen LogP) is 1.77. The number of carbonyl (C=O) groups excluding carboxylic acids is 2. The first-order valence-corrected chi connectivity index (χ1v) is 9.57. The van der Waals surface area contributed by atoms with Crippen LogP contribution in [-0.4, -0.2) is 56.0 Å². The summed E-state index contributed by atoms with van der Waals surface area (Å²) in [6.45, 7) is 4.69. The van der Waals surface area contributed by atoms with Crippen molar-refractivity contribution in [3.8, 4) is 0 Å². The summed E-state index contributed by atoms with van der Waals surface area (Å²) in [5, 5.41) is 0. The molecule has 1 aliphatic heterocycles. The van der Waals surface area contributed by atoms with Crippen LogP contribution >= 0.6 is 0 Å². The molecule has 6 nitrogen and oxygen atoms in total. The average Bonchev–Trinajstić information content (AvgIpc) is 2.60. The van der Waals surface area contributed by atoms with Gasteiger partial charge in [0.15, 0.2) is 5.78 Å². The van der Waals surface area contributed by atoms with Gasteiger partial charge in [0.2, 0.25) is 15.9 Å². The Balaban J connectivity index is 2.07. The molecular formula is C17H24N2O4S. The third kappa shape index (κ3) is 3.84. The number of Topliss-reactive ketones (excluding diaryl/α,β-unsaturated/α-hetero) is 1. The smallest absolute Gasteiger partial charge is 0.243 e. The summed E-state index contributed by atoms with van der Waals surface area (Å²) < 4.78 is 26.8. The topological polar surface area (TPSA) is 74.8 Å². The monoisotopic (exact) mass is 352 g/mol. The molecule has 0 aromatic heterocycles. The van der Waals surface area contributed by atoms with Crippen molar-refractivity contribution in [3.05, 3.63) is 29.8 Å². The Kier molecular flexibility index (Phi) is 5.77. The number of carbonyl (C=O) groups is 2. The van der Waals surface area contributed by atoms with Gasteiger partial charge in [-0.3, -0.25) is 9.59 Å². The van der Waals surface area contributed by atoms with E-state index in [0.717, 1.165) is 0 Å². The molecule has 0 N–H and O–H groups in total. The van der Waals surface area contributed by atoms with Crippen LogP contribution in [0.25, 0.3) is 0 Å².